The van der Waals surface area contributed by atoms with Crippen LogP contribution in [0.1, 0.15) is 38.2 Å². The Morgan fingerprint density at radius 1 is 1.00 bits per heavy atom. The maximum absolute atomic E-state index is 4.00. The van der Waals surface area contributed by atoms with Gasteiger partial charge in [0.25, 0.3) is 0 Å². The summed E-state index contributed by atoms with van der Waals surface area (Å²) >= 11 is 0. The second-order valence-corrected chi connectivity index (χ2v) is 6.29. The summed E-state index contributed by atoms with van der Waals surface area (Å²) in [4.78, 5) is 5.25. The summed E-state index contributed by atoms with van der Waals surface area (Å²) in [5, 5.41) is 0. The number of rotatable bonds is 3. The lowest BCUT2D eigenvalue weighted by Crippen LogP contribution is -2.43. The SMILES string of the molecule is C=C(C)c1ccc(N2CCC(N3CCCC3)CC2)cc1. The Hall–Kier alpha value is -1.28. The van der Waals surface area contributed by atoms with E-state index in [0.717, 1.165) is 11.6 Å². The van der Waals surface area contributed by atoms with Gasteiger partial charge in [0, 0.05) is 24.8 Å². The van der Waals surface area contributed by atoms with E-state index in [1.807, 2.05) is 0 Å². The Kier molecular flexibility index (Phi) is 4.11. The van der Waals surface area contributed by atoms with Gasteiger partial charge in [-0.1, -0.05) is 24.3 Å². The lowest BCUT2D eigenvalue weighted by Gasteiger charge is -2.37. The molecule has 0 aliphatic carbocycles. The fourth-order valence-electron chi connectivity index (χ4n) is 3.55. The van der Waals surface area contributed by atoms with Gasteiger partial charge in [0.1, 0.15) is 0 Å². The van der Waals surface area contributed by atoms with Crippen LogP contribution in [0.4, 0.5) is 5.69 Å². The minimum Gasteiger partial charge on any atom is -0.371 e. The van der Waals surface area contributed by atoms with Crippen molar-refractivity contribution in [1.82, 2.24) is 4.90 Å². The number of nitrogens with zero attached hydrogens (tertiary/aromatic N) is 2. The Bertz CT molecular complexity index is 449. The van der Waals surface area contributed by atoms with Gasteiger partial charge in [-0.15, -0.1) is 0 Å². The highest BCUT2D eigenvalue weighted by atomic mass is 15.2. The zero-order valence-electron chi connectivity index (χ0n) is 12.6. The molecule has 2 fully saturated rings. The summed E-state index contributed by atoms with van der Waals surface area (Å²) in [5.74, 6) is 0. The van der Waals surface area contributed by atoms with Crippen LogP contribution in [0.2, 0.25) is 0 Å². The molecule has 2 aliphatic heterocycles. The van der Waals surface area contributed by atoms with Crippen LogP contribution in [0.5, 0.6) is 0 Å². The first-order valence-electron chi connectivity index (χ1n) is 7.99. The van der Waals surface area contributed by atoms with E-state index in [2.05, 4.69) is 47.6 Å². The van der Waals surface area contributed by atoms with Gasteiger partial charge in [0.15, 0.2) is 0 Å². The molecule has 2 saturated heterocycles. The lowest BCUT2D eigenvalue weighted by molar-refractivity contribution is 0.208. The maximum Gasteiger partial charge on any atom is 0.0366 e. The van der Waals surface area contributed by atoms with Crippen LogP contribution in [-0.2, 0) is 0 Å². The largest absolute Gasteiger partial charge is 0.371 e. The predicted octanol–water partition coefficient (Wildman–Crippen LogP) is 3.78. The third kappa shape index (κ3) is 2.90. The van der Waals surface area contributed by atoms with E-state index < -0.39 is 0 Å². The molecule has 3 rings (SSSR count). The van der Waals surface area contributed by atoms with Crippen molar-refractivity contribution in [3.8, 4) is 0 Å². The summed E-state index contributed by atoms with van der Waals surface area (Å²) in [6.45, 7) is 11.1. The number of allylic oxidation sites excluding steroid dienone is 1. The number of benzene rings is 1. The third-order valence-corrected chi connectivity index (χ3v) is 4.85. The summed E-state index contributed by atoms with van der Waals surface area (Å²) in [5.41, 5.74) is 3.76. The van der Waals surface area contributed by atoms with E-state index in [0.29, 0.717) is 0 Å². The van der Waals surface area contributed by atoms with Gasteiger partial charge in [-0.2, -0.15) is 0 Å². The summed E-state index contributed by atoms with van der Waals surface area (Å²) in [6.07, 6.45) is 5.45. The molecule has 2 nitrogen and oxygen atoms in total. The van der Waals surface area contributed by atoms with Crippen molar-refractivity contribution in [2.45, 2.75) is 38.6 Å². The first-order chi connectivity index (χ1) is 9.74. The fraction of sp³-hybridized carbons (Fsp3) is 0.556. The first kappa shape index (κ1) is 13.7. The monoisotopic (exact) mass is 270 g/mol. The smallest absolute Gasteiger partial charge is 0.0366 e. The zero-order valence-corrected chi connectivity index (χ0v) is 12.6. The van der Waals surface area contributed by atoms with Gasteiger partial charge in [-0.05, 0) is 63.4 Å². The van der Waals surface area contributed by atoms with Crippen molar-refractivity contribution in [3.05, 3.63) is 36.4 Å². The average Bonchev–Trinajstić information content (AvgIpc) is 3.02. The lowest BCUT2D eigenvalue weighted by atomic mass is 10.0. The van der Waals surface area contributed by atoms with E-state index in [-0.39, 0.29) is 0 Å². The van der Waals surface area contributed by atoms with Crippen molar-refractivity contribution in [3.63, 3.8) is 0 Å². The zero-order chi connectivity index (χ0) is 13.9. The third-order valence-electron chi connectivity index (χ3n) is 4.85. The highest BCUT2D eigenvalue weighted by molar-refractivity contribution is 5.64. The molecule has 1 aromatic rings. The van der Waals surface area contributed by atoms with E-state index >= 15 is 0 Å². The Balaban J connectivity index is 1.58. The molecule has 2 heterocycles. The van der Waals surface area contributed by atoms with E-state index in [1.165, 1.54) is 63.1 Å². The molecule has 0 aromatic heterocycles. The molecule has 0 atom stereocenters. The van der Waals surface area contributed by atoms with E-state index in [1.54, 1.807) is 0 Å². The normalized spacial score (nSPS) is 21.4. The molecule has 2 heteroatoms. The number of piperidine rings is 1. The second kappa shape index (κ2) is 6.01. The van der Waals surface area contributed by atoms with Gasteiger partial charge in [0.2, 0.25) is 0 Å². The van der Waals surface area contributed by atoms with Crippen LogP contribution in [-0.4, -0.2) is 37.1 Å². The summed E-state index contributed by atoms with van der Waals surface area (Å²) in [6, 6.07) is 9.73. The van der Waals surface area contributed by atoms with Crippen LogP contribution >= 0.6 is 0 Å². The second-order valence-electron chi connectivity index (χ2n) is 6.29. The molecule has 0 spiro atoms. The molecule has 0 N–H and O–H groups in total. The van der Waals surface area contributed by atoms with Crippen molar-refractivity contribution in [2.75, 3.05) is 31.1 Å². The summed E-state index contributed by atoms with van der Waals surface area (Å²) in [7, 11) is 0. The molecule has 2 aliphatic rings. The minimum absolute atomic E-state index is 0.837. The Morgan fingerprint density at radius 2 is 1.60 bits per heavy atom. The number of hydrogen-bond acceptors (Lipinski definition) is 2. The van der Waals surface area contributed by atoms with Gasteiger partial charge < -0.3 is 9.80 Å². The van der Waals surface area contributed by atoms with E-state index in [4.69, 9.17) is 0 Å². The maximum atomic E-state index is 4.00. The Labute approximate surface area is 123 Å². The van der Waals surface area contributed by atoms with Crippen LogP contribution in [0.15, 0.2) is 30.8 Å². The van der Waals surface area contributed by atoms with Crippen LogP contribution in [0, 0.1) is 0 Å². The molecule has 0 amide bonds. The minimum atomic E-state index is 0.837. The molecule has 0 saturated carbocycles. The molecule has 0 unspecified atom stereocenters. The highest BCUT2D eigenvalue weighted by Crippen LogP contribution is 2.25. The predicted molar refractivity (Wildman–Crippen MR) is 87.2 cm³/mol. The molecule has 20 heavy (non-hydrogen) atoms. The van der Waals surface area contributed by atoms with Crippen LogP contribution in [0.25, 0.3) is 5.57 Å². The van der Waals surface area contributed by atoms with Crippen molar-refractivity contribution < 1.29 is 0 Å². The van der Waals surface area contributed by atoms with Gasteiger partial charge in [-0.3, -0.25) is 0 Å². The quantitative estimate of drug-likeness (QED) is 0.824. The van der Waals surface area contributed by atoms with Crippen LogP contribution < -0.4 is 4.90 Å². The molecular formula is C18H26N2. The highest BCUT2D eigenvalue weighted by Gasteiger charge is 2.26. The topological polar surface area (TPSA) is 6.48 Å². The molecular weight excluding hydrogens is 244 g/mol. The molecule has 0 bridgehead atoms. The number of likely N-dealkylation sites (tertiary alicyclic amines) is 1. The van der Waals surface area contributed by atoms with Gasteiger partial charge >= 0.3 is 0 Å². The van der Waals surface area contributed by atoms with Crippen molar-refractivity contribution in [1.29, 1.82) is 0 Å². The van der Waals surface area contributed by atoms with Gasteiger partial charge in [-0.25, -0.2) is 0 Å². The van der Waals surface area contributed by atoms with Crippen molar-refractivity contribution >= 4 is 11.3 Å². The number of anilines is 1. The molecule has 1 aromatic carbocycles. The summed E-state index contributed by atoms with van der Waals surface area (Å²) < 4.78 is 0. The fourth-order valence-corrected chi connectivity index (χ4v) is 3.55. The standard InChI is InChI=1S/C18H26N2/c1-15(2)16-5-7-17(8-6-16)20-13-9-18(10-14-20)19-11-3-4-12-19/h5-8,18H,1,3-4,9-14H2,2H3. The van der Waals surface area contributed by atoms with Crippen molar-refractivity contribution in [2.24, 2.45) is 0 Å². The van der Waals surface area contributed by atoms with E-state index in [9.17, 15) is 0 Å². The molecule has 0 radical (unpaired) electrons. The van der Waals surface area contributed by atoms with Crippen LogP contribution in [0.3, 0.4) is 0 Å². The van der Waals surface area contributed by atoms with Gasteiger partial charge in [0.05, 0.1) is 0 Å². The first-order valence-corrected chi connectivity index (χ1v) is 7.99. The Morgan fingerprint density at radius 3 is 2.15 bits per heavy atom. The molecule has 108 valence electrons. The average molecular weight is 270 g/mol. The number of hydrogen-bond donors (Lipinski definition) is 0.